The van der Waals surface area contributed by atoms with Gasteiger partial charge in [-0.25, -0.2) is 4.98 Å². The molecule has 0 aliphatic carbocycles. The quantitative estimate of drug-likeness (QED) is 0.0309. The first-order valence-electron chi connectivity index (χ1n) is 22.9. The number of β-amino-alcohol motifs (C(OH)–C–C–N with tert-alkyl or cyclic N) is 1. The first-order chi connectivity index (χ1) is 31.7. The minimum atomic E-state index is -0.860. The van der Waals surface area contributed by atoms with E-state index in [2.05, 4.69) is 26.3 Å². The zero-order chi connectivity index (χ0) is 47.2. The summed E-state index contributed by atoms with van der Waals surface area (Å²) in [5, 5.41) is 24.3. The third-order valence-electron chi connectivity index (χ3n) is 11.8. The number of nitrogens with zero attached hydrogens (tertiary/aromatic N) is 2. The van der Waals surface area contributed by atoms with Gasteiger partial charge in [0.05, 0.1) is 33.6 Å². The maximum Gasteiger partial charge on any atom is 0.255 e. The molecule has 3 unspecified atom stereocenters. The third-order valence-corrected chi connectivity index (χ3v) is 13.7. The number of hydrogen-bond acceptors (Lipinski definition) is 10. The number of carbonyl (C=O) groups excluding carboxylic acids is 5. The molecule has 0 spiro atoms. The van der Waals surface area contributed by atoms with Crippen LogP contribution < -0.4 is 27.0 Å². The normalized spacial score (nSPS) is 15.3. The van der Waals surface area contributed by atoms with Crippen molar-refractivity contribution in [3.63, 3.8) is 0 Å². The summed E-state index contributed by atoms with van der Waals surface area (Å²) in [6.45, 7) is 7.93. The highest BCUT2D eigenvalue weighted by Gasteiger charge is 2.44. The molecule has 13 nitrogen and oxygen atoms in total. The van der Waals surface area contributed by atoms with Gasteiger partial charge in [-0.3, -0.25) is 24.0 Å². The summed E-state index contributed by atoms with van der Waals surface area (Å²) in [5.74, 6) is -1.28. The smallest absolute Gasteiger partial charge is 0.255 e. The number of likely N-dealkylation sites (tertiary alicyclic amines) is 1. The molecular weight excluding hydrogens is 871 g/mol. The molecule has 350 valence electrons. The fraction of sp³-hybridized carbons (Fsp3) is 0.412. The number of benzene rings is 3. The predicted octanol–water partition coefficient (Wildman–Crippen LogP) is 9.33. The van der Waals surface area contributed by atoms with Gasteiger partial charge in [-0.2, -0.15) is 0 Å². The SMILES string of the molecule is Cc1ncsc1-c1ccc(CNC(=O)C2CC(O)CN2C(=O)C(NC(=O)CCCCCCCCCCC(=O)Nc2ccc(C(=O)Nc3cc(-c4cccs4)ccc3N)cc2)C(C)(C)C)cc1. The number of anilines is 3. The van der Waals surface area contributed by atoms with E-state index in [1.165, 1.54) is 4.90 Å². The van der Waals surface area contributed by atoms with Gasteiger partial charge in [0.1, 0.15) is 12.1 Å². The number of thiophene rings is 1. The minimum absolute atomic E-state index is 0.0253. The lowest BCUT2D eigenvalue weighted by molar-refractivity contribution is -0.144. The van der Waals surface area contributed by atoms with Crippen LogP contribution in [-0.4, -0.2) is 69.3 Å². The molecule has 1 aliphatic heterocycles. The van der Waals surface area contributed by atoms with Crippen molar-refractivity contribution in [1.82, 2.24) is 20.5 Å². The van der Waals surface area contributed by atoms with Gasteiger partial charge >= 0.3 is 0 Å². The Morgan fingerprint density at radius 1 is 0.818 bits per heavy atom. The highest BCUT2D eigenvalue weighted by atomic mass is 32.1. The van der Waals surface area contributed by atoms with Gasteiger partial charge < -0.3 is 37.0 Å². The molecule has 3 atom stereocenters. The number of nitrogens with one attached hydrogen (secondary N) is 4. The van der Waals surface area contributed by atoms with E-state index in [0.29, 0.717) is 41.9 Å². The van der Waals surface area contributed by atoms with Crippen LogP contribution in [0.2, 0.25) is 0 Å². The Kier molecular flexibility index (Phi) is 17.7. The number of hydrogen-bond donors (Lipinski definition) is 6. The minimum Gasteiger partial charge on any atom is -0.397 e. The van der Waals surface area contributed by atoms with Crippen molar-refractivity contribution in [2.75, 3.05) is 22.9 Å². The van der Waals surface area contributed by atoms with Gasteiger partial charge in [-0.1, -0.05) is 95.7 Å². The second kappa shape index (κ2) is 23.5. The van der Waals surface area contributed by atoms with Crippen molar-refractivity contribution in [2.45, 2.75) is 123 Å². The highest BCUT2D eigenvalue weighted by Crippen LogP contribution is 2.31. The summed E-state index contributed by atoms with van der Waals surface area (Å²) < 4.78 is 0. The van der Waals surface area contributed by atoms with E-state index in [1.807, 2.05) is 87.1 Å². The molecule has 1 aliphatic rings. The molecule has 0 saturated carbocycles. The van der Waals surface area contributed by atoms with Crippen LogP contribution >= 0.6 is 22.7 Å². The number of aliphatic hydroxyl groups is 1. The first kappa shape index (κ1) is 49.5. The molecular formula is C51H63N7O6S2. The van der Waals surface area contributed by atoms with Crippen molar-refractivity contribution < 1.29 is 29.1 Å². The first-order valence-corrected chi connectivity index (χ1v) is 24.6. The summed E-state index contributed by atoms with van der Waals surface area (Å²) in [5.41, 5.74) is 13.3. The van der Waals surface area contributed by atoms with Crippen LogP contribution in [0.25, 0.3) is 20.9 Å². The van der Waals surface area contributed by atoms with E-state index < -0.39 is 23.6 Å². The number of aryl methyl sites for hydroxylation is 1. The van der Waals surface area contributed by atoms with E-state index in [4.69, 9.17) is 5.73 Å². The molecule has 1 fully saturated rings. The van der Waals surface area contributed by atoms with E-state index in [-0.39, 0.29) is 49.0 Å². The summed E-state index contributed by atoms with van der Waals surface area (Å²) >= 11 is 3.19. The molecule has 66 heavy (non-hydrogen) atoms. The Hall–Kier alpha value is -5.90. The lowest BCUT2D eigenvalue weighted by atomic mass is 9.85. The molecule has 3 aromatic carbocycles. The molecule has 2 aromatic heterocycles. The highest BCUT2D eigenvalue weighted by molar-refractivity contribution is 7.13. The van der Waals surface area contributed by atoms with Crippen LogP contribution in [0.5, 0.6) is 0 Å². The summed E-state index contributed by atoms with van der Waals surface area (Å²) in [7, 11) is 0. The zero-order valence-corrected chi connectivity index (χ0v) is 40.0. The van der Waals surface area contributed by atoms with Gasteiger partial charge in [-0.05, 0) is 89.7 Å². The number of nitrogen functional groups attached to an aromatic ring is 1. The number of nitrogens with two attached hydrogens (primary N) is 1. The van der Waals surface area contributed by atoms with Crippen molar-refractivity contribution in [3.05, 3.63) is 107 Å². The lowest BCUT2D eigenvalue weighted by Crippen LogP contribution is -2.57. The number of carbonyl (C=O) groups is 5. The molecule has 6 rings (SSSR count). The molecule has 15 heteroatoms. The van der Waals surface area contributed by atoms with Gasteiger partial charge in [0.15, 0.2) is 0 Å². The van der Waals surface area contributed by atoms with Crippen LogP contribution in [-0.2, 0) is 25.7 Å². The maximum atomic E-state index is 14.0. The van der Waals surface area contributed by atoms with Gasteiger partial charge in [0, 0.05) is 48.5 Å². The zero-order valence-electron chi connectivity index (χ0n) is 38.4. The number of aromatic nitrogens is 1. The average molecular weight is 934 g/mol. The largest absolute Gasteiger partial charge is 0.397 e. The molecule has 0 radical (unpaired) electrons. The second-order valence-electron chi connectivity index (χ2n) is 18.1. The fourth-order valence-electron chi connectivity index (χ4n) is 8.03. The molecule has 1 saturated heterocycles. The van der Waals surface area contributed by atoms with E-state index >= 15 is 0 Å². The van der Waals surface area contributed by atoms with Gasteiger partial charge in [0.2, 0.25) is 23.6 Å². The van der Waals surface area contributed by atoms with E-state index in [9.17, 15) is 29.1 Å². The van der Waals surface area contributed by atoms with Crippen LogP contribution in [0, 0.1) is 12.3 Å². The molecule has 5 aromatic rings. The topological polar surface area (TPSA) is 196 Å². The van der Waals surface area contributed by atoms with Crippen LogP contribution in [0.1, 0.15) is 113 Å². The summed E-state index contributed by atoms with van der Waals surface area (Å²) in [6, 6.07) is 22.6. The van der Waals surface area contributed by atoms with Crippen molar-refractivity contribution in [2.24, 2.45) is 5.41 Å². The number of aliphatic hydroxyl groups excluding tert-OH is 1. The van der Waals surface area contributed by atoms with Gasteiger partial charge in [-0.15, -0.1) is 22.7 Å². The Morgan fingerprint density at radius 2 is 1.47 bits per heavy atom. The van der Waals surface area contributed by atoms with E-state index in [1.54, 1.807) is 53.0 Å². The molecule has 3 heterocycles. The Balaban J connectivity index is 0.833. The van der Waals surface area contributed by atoms with Crippen molar-refractivity contribution >= 4 is 69.3 Å². The third kappa shape index (κ3) is 14.1. The second-order valence-corrected chi connectivity index (χ2v) is 19.9. The molecule has 5 amide bonds. The van der Waals surface area contributed by atoms with Gasteiger partial charge in [0.25, 0.3) is 5.91 Å². The van der Waals surface area contributed by atoms with Crippen molar-refractivity contribution in [1.29, 1.82) is 0 Å². The lowest BCUT2D eigenvalue weighted by Gasteiger charge is -2.35. The fourth-order valence-corrected chi connectivity index (χ4v) is 9.56. The Morgan fingerprint density at radius 3 is 2.09 bits per heavy atom. The summed E-state index contributed by atoms with van der Waals surface area (Å²) in [4.78, 5) is 74.0. The number of unbranched alkanes of at least 4 members (excludes halogenated alkanes) is 7. The number of thiazole rings is 1. The molecule has 0 bridgehead atoms. The summed E-state index contributed by atoms with van der Waals surface area (Å²) in [6.07, 6.45) is 7.35. The predicted molar refractivity (Wildman–Crippen MR) is 265 cm³/mol. The van der Waals surface area contributed by atoms with Crippen LogP contribution in [0.3, 0.4) is 0 Å². The Bertz CT molecular complexity index is 2410. The average Bonchev–Trinajstić information content (AvgIpc) is 4.08. The monoisotopic (exact) mass is 933 g/mol. The number of amides is 5. The number of rotatable bonds is 21. The maximum absolute atomic E-state index is 14.0. The van der Waals surface area contributed by atoms with E-state index in [0.717, 1.165) is 77.1 Å². The Labute approximate surface area is 396 Å². The van der Waals surface area contributed by atoms with Crippen molar-refractivity contribution in [3.8, 4) is 20.9 Å². The van der Waals surface area contributed by atoms with Crippen LogP contribution in [0.15, 0.2) is 89.8 Å². The van der Waals surface area contributed by atoms with Crippen LogP contribution in [0.4, 0.5) is 17.1 Å². The standard InChI is InChI=1S/C51H63N7O6S2/c1-33-46(66-32-54-33)35-19-17-34(18-20-35)30-53-49(63)42-29-39(59)31-58(42)50(64)47(51(2,3)4)57-45(61)16-12-10-8-6-5-7-9-11-15-44(60)55-38-24-21-36(22-25-38)48(62)56-41-28-37(23-26-40(41)52)43-14-13-27-65-43/h13-14,17-28,32,39,42,47,59H,5-12,15-16,29-31,52H2,1-4H3,(H,53,63)(H,55,60)(H,56,62)(H,57,61). The molecule has 7 N–H and O–H groups in total.